The van der Waals surface area contributed by atoms with Crippen molar-refractivity contribution in [2.24, 2.45) is 5.41 Å². The number of carbonyl (C=O) groups excluding carboxylic acids is 1. The predicted octanol–water partition coefficient (Wildman–Crippen LogP) is 2.28. The van der Waals surface area contributed by atoms with Gasteiger partial charge in [-0.1, -0.05) is 0 Å². The molecule has 4 rings (SSSR count). The van der Waals surface area contributed by atoms with Gasteiger partial charge in [-0.3, -0.25) is 0 Å². The molecule has 2 fully saturated rings. The molecule has 2 aromatic rings. The van der Waals surface area contributed by atoms with Gasteiger partial charge in [-0.05, 0) is 68.0 Å². The molecule has 0 aromatic carbocycles. The van der Waals surface area contributed by atoms with E-state index in [1.54, 1.807) is 17.2 Å². The van der Waals surface area contributed by atoms with E-state index in [1.807, 2.05) is 37.8 Å². The van der Waals surface area contributed by atoms with E-state index in [0.717, 1.165) is 56.9 Å². The van der Waals surface area contributed by atoms with E-state index in [-0.39, 0.29) is 11.5 Å². The lowest BCUT2D eigenvalue weighted by Gasteiger charge is -2.39. The van der Waals surface area contributed by atoms with Gasteiger partial charge in [0.2, 0.25) is 0 Å². The van der Waals surface area contributed by atoms with Gasteiger partial charge >= 0.3 is 6.09 Å². The lowest BCUT2D eigenvalue weighted by Crippen LogP contribution is -2.46. The molecule has 4 heterocycles. The fraction of sp³-hybridized carbons (Fsp3) is 0.632. The SMILES string of the molecule is CC(C)(C)OC(=O)N1CCC2(CC1)CCN(c1ccc(-n3cnnn3)cn1)C2. The van der Waals surface area contributed by atoms with E-state index >= 15 is 0 Å². The number of hydrogen-bond donors (Lipinski definition) is 0. The summed E-state index contributed by atoms with van der Waals surface area (Å²) in [5.74, 6) is 0.975. The highest BCUT2D eigenvalue weighted by atomic mass is 16.6. The molecule has 2 aliphatic rings. The maximum atomic E-state index is 12.3. The van der Waals surface area contributed by atoms with Crippen molar-refractivity contribution in [3.8, 4) is 5.69 Å². The van der Waals surface area contributed by atoms with Crippen molar-refractivity contribution in [1.82, 2.24) is 30.1 Å². The minimum absolute atomic E-state index is 0.197. The van der Waals surface area contributed by atoms with Gasteiger partial charge in [0.25, 0.3) is 0 Å². The molecule has 0 atom stereocenters. The number of tetrazole rings is 1. The van der Waals surface area contributed by atoms with E-state index in [1.165, 1.54) is 0 Å². The largest absolute Gasteiger partial charge is 0.444 e. The predicted molar refractivity (Wildman–Crippen MR) is 103 cm³/mol. The van der Waals surface area contributed by atoms with Gasteiger partial charge in [0.05, 0.1) is 11.9 Å². The van der Waals surface area contributed by atoms with Crippen LogP contribution in [0.5, 0.6) is 0 Å². The zero-order valence-corrected chi connectivity index (χ0v) is 16.7. The van der Waals surface area contributed by atoms with Gasteiger partial charge in [0, 0.05) is 26.2 Å². The van der Waals surface area contributed by atoms with E-state index in [0.29, 0.717) is 0 Å². The van der Waals surface area contributed by atoms with Crippen LogP contribution in [0.4, 0.5) is 10.6 Å². The first-order valence-corrected chi connectivity index (χ1v) is 9.76. The Kier molecular flexibility index (Phi) is 4.68. The van der Waals surface area contributed by atoms with Crippen molar-refractivity contribution in [3.63, 3.8) is 0 Å². The molecular formula is C19H27N7O2. The topological polar surface area (TPSA) is 89.3 Å². The Labute approximate surface area is 164 Å². The normalized spacial score (nSPS) is 19.2. The maximum Gasteiger partial charge on any atom is 0.410 e. The minimum atomic E-state index is -0.448. The van der Waals surface area contributed by atoms with Crippen LogP contribution >= 0.6 is 0 Å². The molecule has 9 heteroatoms. The number of ether oxygens (including phenoxy) is 1. The molecule has 0 N–H and O–H groups in total. The van der Waals surface area contributed by atoms with Crippen molar-refractivity contribution in [3.05, 3.63) is 24.7 Å². The Balaban J connectivity index is 1.35. The molecule has 0 aliphatic carbocycles. The van der Waals surface area contributed by atoms with Gasteiger partial charge in [-0.15, -0.1) is 5.10 Å². The van der Waals surface area contributed by atoms with Crippen molar-refractivity contribution >= 4 is 11.9 Å². The second-order valence-corrected chi connectivity index (χ2v) is 8.77. The molecule has 2 saturated heterocycles. The van der Waals surface area contributed by atoms with E-state index in [9.17, 15) is 4.79 Å². The molecule has 150 valence electrons. The second-order valence-electron chi connectivity index (χ2n) is 8.77. The number of aromatic nitrogens is 5. The van der Waals surface area contributed by atoms with E-state index < -0.39 is 5.60 Å². The highest BCUT2D eigenvalue weighted by molar-refractivity contribution is 5.68. The quantitative estimate of drug-likeness (QED) is 0.783. The standard InChI is InChI=1S/C19H27N7O2/c1-18(2,3)28-17(27)24-9-6-19(7-10-24)8-11-25(13-19)16-5-4-15(12-20-16)26-14-21-22-23-26/h4-5,12,14H,6-11,13H2,1-3H3. The van der Waals surface area contributed by atoms with Crippen LogP contribution in [0.25, 0.3) is 5.69 Å². The van der Waals surface area contributed by atoms with Gasteiger partial charge in [-0.2, -0.15) is 4.68 Å². The Bertz CT molecular complexity index is 806. The number of likely N-dealkylation sites (tertiary alicyclic amines) is 1. The number of pyridine rings is 1. The molecule has 2 aliphatic heterocycles. The summed E-state index contributed by atoms with van der Waals surface area (Å²) < 4.78 is 7.10. The summed E-state index contributed by atoms with van der Waals surface area (Å²) in [5.41, 5.74) is 0.652. The third-order valence-corrected chi connectivity index (χ3v) is 5.58. The molecule has 0 radical (unpaired) electrons. The zero-order valence-electron chi connectivity index (χ0n) is 16.7. The third-order valence-electron chi connectivity index (χ3n) is 5.58. The van der Waals surface area contributed by atoms with Gasteiger partial charge in [0.15, 0.2) is 0 Å². The lowest BCUT2D eigenvalue weighted by molar-refractivity contribution is 0.0122. The molecule has 2 aromatic heterocycles. The summed E-state index contributed by atoms with van der Waals surface area (Å²) in [6.07, 6.45) is 6.29. The van der Waals surface area contributed by atoms with E-state index in [4.69, 9.17) is 4.74 Å². The van der Waals surface area contributed by atoms with Crippen molar-refractivity contribution in [2.45, 2.75) is 45.6 Å². The number of anilines is 1. The number of piperidine rings is 1. The van der Waals surface area contributed by atoms with Gasteiger partial charge in [0.1, 0.15) is 17.7 Å². The molecule has 0 unspecified atom stereocenters. The summed E-state index contributed by atoms with van der Waals surface area (Å²) in [5, 5.41) is 11.2. The van der Waals surface area contributed by atoms with Crippen LogP contribution in [-0.4, -0.2) is 68.0 Å². The number of amides is 1. The highest BCUT2D eigenvalue weighted by Crippen LogP contribution is 2.41. The van der Waals surface area contributed by atoms with Crippen molar-refractivity contribution in [2.75, 3.05) is 31.1 Å². The first kappa shape index (κ1) is 18.6. The smallest absolute Gasteiger partial charge is 0.410 e. The third kappa shape index (κ3) is 3.93. The Morgan fingerprint density at radius 1 is 1.14 bits per heavy atom. The van der Waals surface area contributed by atoms with Crippen LogP contribution in [0.1, 0.15) is 40.0 Å². The average Bonchev–Trinajstić information content (AvgIpc) is 3.32. The van der Waals surface area contributed by atoms with Gasteiger partial charge < -0.3 is 14.5 Å². The van der Waals surface area contributed by atoms with Crippen LogP contribution in [-0.2, 0) is 4.74 Å². The van der Waals surface area contributed by atoms with Crippen LogP contribution in [0.2, 0.25) is 0 Å². The lowest BCUT2D eigenvalue weighted by atomic mass is 9.78. The monoisotopic (exact) mass is 385 g/mol. The van der Waals surface area contributed by atoms with Crippen LogP contribution in [0.15, 0.2) is 24.7 Å². The Morgan fingerprint density at radius 3 is 2.50 bits per heavy atom. The van der Waals surface area contributed by atoms with Crippen LogP contribution in [0, 0.1) is 5.41 Å². The summed E-state index contributed by atoms with van der Waals surface area (Å²) in [7, 11) is 0. The number of hydrogen-bond acceptors (Lipinski definition) is 7. The Hall–Kier alpha value is -2.71. The maximum absolute atomic E-state index is 12.3. The highest BCUT2D eigenvalue weighted by Gasteiger charge is 2.42. The summed E-state index contributed by atoms with van der Waals surface area (Å²) in [6.45, 7) is 9.20. The summed E-state index contributed by atoms with van der Waals surface area (Å²) in [4.78, 5) is 21.1. The summed E-state index contributed by atoms with van der Waals surface area (Å²) >= 11 is 0. The Morgan fingerprint density at radius 2 is 1.89 bits per heavy atom. The molecule has 9 nitrogen and oxygen atoms in total. The molecule has 0 bridgehead atoms. The molecule has 1 spiro atoms. The average molecular weight is 385 g/mol. The van der Waals surface area contributed by atoms with Crippen molar-refractivity contribution in [1.29, 1.82) is 0 Å². The summed E-state index contributed by atoms with van der Waals surface area (Å²) in [6, 6.07) is 4.00. The second kappa shape index (κ2) is 7.03. The van der Waals surface area contributed by atoms with Crippen LogP contribution < -0.4 is 4.90 Å². The number of rotatable bonds is 2. The molecule has 28 heavy (non-hydrogen) atoms. The fourth-order valence-electron chi connectivity index (χ4n) is 4.01. The van der Waals surface area contributed by atoms with Gasteiger partial charge in [-0.25, -0.2) is 9.78 Å². The number of nitrogens with zero attached hydrogens (tertiary/aromatic N) is 7. The minimum Gasteiger partial charge on any atom is -0.444 e. The van der Waals surface area contributed by atoms with Crippen molar-refractivity contribution < 1.29 is 9.53 Å². The molecular weight excluding hydrogens is 358 g/mol. The first-order valence-electron chi connectivity index (χ1n) is 9.76. The fourth-order valence-corrected chi connectivity index (χ4v) is 4.01. The molecule has 0 saturated carbocycles. The number of carbonyl (C=O) groups is 1. The van der Waals surface area contributed by atoms with E-state index in [2.05, 4.69) is 25.4 Å². The zero-order chi connectivity index (χ0) is 19.8. The molecule has 1 amide bonds. The van der Waals surface area contributed by atoms with Crippen LogP contribution in [0.3, 0.4) is 0 Å². The first-order chi connectivity index (χ1) is 13.3.